The molecule has 5 rings (SSSR count). The molecule has 1 aliphatic rings. The summed E-state index contributed by atoms with van der Waals surface area (Å²) in [6.07, 6.45) is 4.13. The SMILES string of the molecule is C=CC(=[18O])N1CCN(c2nc(=O)n(-c3c(C)ccnc3C(CF)CF)c3nc(-c4c(F)cccc4C=C)c(Cl)cc23)[C@@H](C)C1. The van der Waals surface area contributed by atoms with Crippen LogP contribution in [-0.2, 0) is 4.79 Å². The third-order valence-corrected chi connectivity index (χ3v) is 8.12. The summed E-state index contributed by atoms with van der Waals surface area (Å²) in [4.78, 5) is 43.3. The van der Waals surface area contributed by atoms with Crippen molar-refractivity contribution in [2.24, 2.45) is 0 Å². The lowest BCUT2D eigenvalue weighted by Crippen LogP contribution is -2.54. The Morgan fingerprint density at radius 2 is 1.95 bits per heavy atom. The van der Waals surface area contributed by atoms with Gasteiger partial charge in [-0.3, -0.25) is 18.6 Å². The summed E-state index contributed by atoms with van der Waals surface area (Å²) in [7, 11) is 0. The van der Waals surface area contributed by atoms with Gasteiger partial charge in [0, 0.05) is 37.4 Å². The highest BCUT2D eigenvalue weighted by Gasteiger charge is 2.31. The molecule has 1 fully saturated rings. The summed E-state index contributed by atoms with van der Waals surface area (Å²) in [5, 5.41) is 0.428. The maximum atomic E-state index is 15.3. The number of amides is 1. The molecule has 228 valence electrons. The maximum absolute atomic E-state index is 15.3. The standard InChI is InChI=1S/C32H30ClF3N6O2/c1-5-20-8-7-9-24(36)26(20)28-23(33)14-22-30(41-13-12-40(17-19(41)4)25(43)6-2)39-32(44)42(31(22)38-28)29-18(3)10-11-37-27(29)21(15-34)16-35/h5-11,14,19,21H,1-2,12-13,15-17H2,3-4H3/t19-/m0/s1/i43+2. The molecule has 0 aliphatic carbocycles. The Balaban J connectivity index is 1.85. The first-order valence-corrected chi connectivity index (χ1v) is 14.3. The van der Waals surface area contributed by atoms with E-state index in [1.807, 2.05) is 11.8 Å². The molecule has 44 heavy (non-hydrogen) atoms. The van der Waals surface area contributed by atoms with Gasteiger partial charge in [0.1, 0.15) is 25.0 Å². The Morgan fingerprint density at radius 3 is 2.61 bits per heavy atom. The first kappa shape index (κ1) is 30.9. The van der Waals surface area contributed by atoms with Gasteiger partial charge in [-0.05, 0) is 49.2 Å². The number of carbonyl (C=O) groups is 1. The number of hydrogen-bond acceptors (Lipinski definition) is 6. The summed E-state index contributed by atoms with van der Waals surface area (Å²) in [5.74, 6) is -1.80. The van der Waals surface area contributed by atoms with Gasteiger partial charge in [-0.25, -0.2) is 18.7 Å². The molecule has 0 spiro atoms. The fourth-order valence-electron chi connectivity index (χ4n) is 5.61. The molecule has 0 radical (unpaired) electrons. The number of halogens is 4. The molecule has 1 aromatic carbocycles. The normalized spacial score (nSPS) is 15.2. The topological polar surface area (TPSA) is 84.2 Å². The Labute approximate surface area is 257 Å². The van der Waals surface area contributed by atoms with Gasteiger partial charge >= 0.3 is 5.69 Å². The van der Waals surface area contributed by atoms with E-state index in [-0.39, 0.29) is 51.1 Å². The van der Waals surface area contributed by atoms with Crippen LogP contribution in [0.5, 0.6) is 0 Å². The number of aromatic nitrogens is 4. The van der Waals surface area contributed by atoms with Gasteiger partial charge in [0.25, 0.3) is 0 Å². The molecule has 1 amide bonds. The van der Waals surface area contributed by atoms with Crippen LogP contribution in [0.15, 0.2) is 60.6 Å². The summed E-state index contributed by atoms with van der Waals surface area (Å²) >= 11 is 6.79. The van der Waals surface area contributed by atoms with E-state index in [1.54, 1.807) is 30.0 Å². The van der Waals surface area contributed by atoms with Crippen molar-refractivity contribution in [2.45, 2.75) is 25.8 Å². The lowest BCUT2D eigenvalue weighted by molar-refractivity contribution is -0.126. The molecule has 8 nitrogen and oxygen atoms in total. The second-order valence-electron chi connectivity index (χ2n) is 10.5. The van der Waals surface area contributed by atoms with Crippen molar-refractivity contribution in [1.29, 1.82) is 0 Å². The van der Waals surface area contributed by atoms with Crippen LogP contribution in [0.3, 0.4) is 0 Å². The van der Waals surface area contributed by atoms with Crippen LogP contribution in [0.4, 0.5) is 19.0 Å². The van der Waals surface area contributed by atoms with Gasteiger partial charge in [0.15, 0.2) is 5.65 Å². The van der Waals surface area contributed by atoms with Gasteiger partial charge in [0.2, 0.25) is 5.91 Å². The van der Waals surface area contributed by atoms with Crippen molar-refractivity contribution in [3.63, 3.8) is 0 Å². The first-order chi connectivity index (χ1) is 21.1. The van der Waals surface area contributed by atoms with Crippen LogP contribution in [0.1, 0.15) is 29.7 Å². The van der Waals surface area contributed by atoms with Gasteiger partial charge in [-0.2, -0.15) is 4.98 Å². The van der Waals surface area contributed by atoms with E-state index in [9.17, 15) is 18.4 Å². The second-order valence-corrected chi connectivity index (χ2v) is 11.0. The minimum absolute atomic E-state index is 0.0221. The molecular weight excluding hydrogens is 595 g/mol. The molecule has 0 N–H and O–H groups in total. The van der Waals surface area contributed by atoms with E-state index in [0.29, 0.717) is 36.1 Å². The molecular formula is C32H30ClF3N6O2. The number of aryl methyl sites for hydroxylation is 1. The zero-order valence-electron chi connectivity index (χ0n) is 24.2. The molecule has 0 unspecified atom stereocenters. The quantitative estimate of drug-likeness (QED) is 0.181. The van der Waals surface area contributed by atoms with Crippen LogP contribution in [0.2, 0.25) is 5.02 Å². The third-order valence-electron chi connectivity index (χ3n) is 7.83. The van der Waals surface area contributed by atoms with E-state index in [1.165, 1.54) is 30.5 Å². The van der Waals surface area contributed by atoms with Crippen molar-refractivity contribution < 1.29 is 18.0 Å². The van der Waals surface area contributed by atoms with Crippen LogP contribution >= 0.6 is 11.6 Å². The van der Waals surface area contributed by atoms with Gasteiger partial charge in [-0.15, -0.1) is 0 Å². The second kappa shape index (κ2) is 12.6. The zero-order valence-corrected chi connectivity index (χ0v) is 25.0. The average molecular weight is 625 g/mol. The summed E-state index contributed by atoms with van der Waals surface area (Å²) in [6.45, 7) is 9.83. The Hall–Kier alpha value is -4.51. The van der Waals surface area contributed by atoms with E-state index >= 15 is 4.39 Å². The van der Waals surface area contributed by atoms with Crippen molar-refractivity contribution in [3.05, 3.63) is 93.9 Å². The number of hydrogen-bond donors (Lipinski definition) is 0. The molecule has 12 heteroatoms. The zero-order chi connectivity index (χ0) is 31.7. The van der Waals surface area contributed by atoms with E-state index in [0.717, 1.165) is 4.57 Å². The predicted octanol–water partition coefficient (Wildman–Crippen LogP) is 5.83. The fourth-order valence-corrected chi connectivity index (χ4v) is 5.86. The van der Waals surface area contributed by atoms with Crippen LogP contribution in [0.25, 0.3) is 34.1 Å². The number of fused-ring (bicyclic) bond motifs is 1. The highest BCUT2D eigenvalue weighted by atomic mass is 35.5. The Bertz CT molecular complexity index is 1840. The van der Waals surface area contributed by atoms with E-state index in [2.05, 4.69) is 23.1 Å². The monoisotopic (exact) mass is 624 g/mol. The number of rotatable bonds is 8. The number of anilines is 1. The smallest absolute Gasteiger partial charge is 0.350 e. The van der Waals surface area contributed by atoms with Crippen LogP contribution in [-0.4, -0.2) is 69.4 Å². The lowest BCUT2D eigenvalue weighted by atomic mass is 10.0. The molecule has 0 bridgehead atoms. The summed E-state index contributed by atoms with van der Waals surface area (Å²) in [6, 6.07) is 7.34. The summed E-state index contributed by atoms with van der Waals surface area (Å²) in [5.41, 5.74) is 0.461. The minimum atomic E-state index is -1.24. The van der Waals surface area contributed by atoms with Crippen molar-refractivity contribution >= 4 is 40.4 Å². The molecule has 1 atom stereocenters. The Kier molecular flexibility index (Phi) is 8.87. The number of pyridine rings is 2. The lowest BCUT2D eigenvalue weighted by Gasteiger charge is -2.40. The molecule has 4 aromatic rings. The maximum Gasteiger partial charge on any atom is 0.355 e. The van der Waals surface area contributed by atoms with Gasteiger partial charge < -0.3 is 9.80 Å². The van der Waals surface area contributed by atoms with E-state index in [4.69, 9.17) is 16.6 Å². The fraction of sp³-hybridized carbons (Fsp3) is 0.281. The minimum Gasteiger partial charge on any atom is -0.350 e. The van der Waals surface area contributed by atoms with Crippen molar-refractivity contribution in [1.82, 2.24) is 24.4 Å². The average Bonchev–Trinajstić information content (AvgIpc) is 3.01. The van der Waals surface area contributed by atoms with Crippen LogP contribution in [0, 0.1) is 12.7 Å². The number of alkyl halides is 2. The molecule has 4 heterocycles. The summed E-state index contributed by atoms with van der Waals surface area (Å²) < 4.78 is 44.5. The van der Waals surface area contributed by atoms with Crippen molar-refractivity contribution in [2.75, 3.05) is 37.9 Å². The van der Waals surface area contributed by atoms with Crippen molar-refractivity contribution in [3.8, 4) is 16.9 Å². The van der Waals surface area contributed by atoms with Crippen LogP contribution < -0.4 is 10.6 Å². The number of benzene rings is 1. The molecule has 1 aliphatic heterocycles. The number of piperazine rings is 1. The number of carbonyl (C=O) groups excluding carboxylic acids is 1. The Morgan fingerprint density at radius 1 is 1.20 bits per heavy atom. The van der Waals surface area contributed by atoms with E-state index < -0.39 is 30.8 Å². The van der Waals surface area contributed by atoms with Gasteiger partial charge in [-0.1, -0.05) is 43.0 Å². The molecule has 3 aromatic heterocycles. The van der Waals surface area contributed by atoms with Gasteiger partial charge in [0.05, 0.1) is 33.4 Å². The predicted molar refractivity (Wildman–Crippen MR) is 166 cm³/mol. The largest absolute Gasteiger partial charge is 0.355 e. The highest BCUT2D eigenvalue weighted by Crippen LogP contribution is 2.37. The molecule has 1 saturated heterocycles. The third kappa shape index (κ3) is 5.36. The first-order valence-electron chi connectivity index (χ1n) is 13.9. The molecule has 0 saturated carbocycles. The highest BCUT2D eigenvalue weighted by molar-refractivity contribution is 6.34. The number of nitrogens with zero attached hydrogens (tertiary/aromatic N) is 6.